The Kier molecular flexibility index (Phi) is 37.1. The third kappa shape index (κ3) is 35.8. The molecule has 0 saturated heterocycles. The summed E-state index contributed by atoms with van der Waals surface area (Å²) >= 11 is 0. The van der Waals surface area contributed by atoms with Gasteiger partial charge in [-0.05, 0) is 90.5 Å². The lowest BCUT2D eigenvalue weighted by molar-refractivity contribution is -0.156. The van der Waals surface area contributed by atoms with E-state index >= 15 is 0 Å². The highest BCUT2D eigenvalue weighted by Gasteiger charge is 2.33. The van der Waals surface area contributed by atoms with Crippen molar-refractivity contribution in [2.45, 2.75) is 160 Å². The molecule has 0 aliphatic rings. The Morgan fingerprint density at radius 2 is 0.605 bits per heavy atom. The first-order chi connectivity index (χ1) is 38.2. The predicted molar refractivity (Wildman–Crippen MR) is 306 cm³/mol. The van der Waals surface area contributed by atoms with E-state index < -0.39 is 58.0 Å². The Morgan fingerprint density at radius 3 is 0.790 bits per heavy atom. The zero-order valence-electron chi connectivity index (χ0n) is 49.5. The first kappa shape index (κ1) is 73.7. The van der Waals surface area contributed by atoms with Crippen LogP contribution in [0.4, 0.5) is 0 Å². The van der Waals surface area contributed by atoms with Gasteiger partial charge in [-0.3, -0.25) is 19.2 Å². The van der Waals surface area contributed by atoms with E-state index in [1.807, 2.05) is 121 Å². The molecule has 4 aromatic carbocycles. The number of benzene rings is 4. The van der Waals surface area contributed by atoms with Gasteiger partial charge in [-0.1, -0.05) is 121 Å². The van der Waals surface area contributed by atoms with E-state index in [-0.39, 0.29) is 11.9 Å². The highest BCUT2D eigenvalue weighted by molar-refractivity contribution is 5.82. The fraction of sp³-hybridized carbons (Fsp3) is 0.500. The van der Waals surface area contributed by atoms with E-state index in [1.54, 1.807) is 55.4 Å². The third-order valence-corrected chi connectivity index (χ3v) is 11.9. The molecule has 17 nitrogen and oxygen atoms in total. The Hall–Kier alpha value is -7.32. The topological polar surface area (TPSA) is 269 Å². The molecule has 0 aromatic heterocycles. The molecule has 0 fully saturated rings. The van der Waals surface area contributed by atoms with E-state index in [1.165, 1.54) is 27.7 Å². The molecule has 0 amide bonds. The zero-order valence-corrected chi connectivity index (χ0v) is 49.5. The van der Waals surface area contributed by atoms with Gasteiger partial charge in [0, 0.05) is 53.8 Å². The molecule has 81 heavy (non-hydrogen) atoms. The Bertz CT molecular complexity index is 2370. The average Bonchev–Trinajstić information content (AvgIpc) is 3.43. The van der Waals surface area contributed by atoms with Crippen LogP contribution in [0.15, 0.2) is 121 Å². The van der Waals surface area contributed by atoms with Crippen molar-refractivity contribution in [2.75, 3.05) is 26.4 Å². The highest BCUT2D eigenvalue weighted by Crippen LogP contribution is 2.27. The first-order valence-corrected chi connectivity index (χ1v) is 26.7. The van der Waals surface area contributed by atoms with Gasteiger partial charge in [0.2, 0.25) is 0 Å². The number of rotatable bonds is 26. The molecular formula is C64H86N4O13. The number of ether oxygens (including phenoxy) is 7. The van der Waals surface area contributed by atoms with Gasteiger partial charge in [0.25, 0.3) is 0 Å². The summed E-state index contributed by atoms with van der Waals surface area (Å²) in [5, 5.41) is 55.5. The van der Waals surface area contributed by atoms with Crippen LogP contribution >= 0.6 is 0 Å². The van der Waals surface area contributed by atoms with Crippen molar-refractivity contribution in [1.82, 2.24) is 0 Å². The van der Waals surface area contributed by atoms with Crippen LogP contribution in [0.1, 0.15) is 131 Å². The number of nitrogens with zero attached hydrogens (tertiary/aromatic N) is 4. The van der Waals surface area contributed by atoms with Crippen LogP contribution in [0.5, 0.6) is 0 Å². The third-order valence-electron chi connectivity index (χ3n) is 11.9. The summed E-state index contributed by atoms with van der Waals surface area (Å²) < 4.78 is 36.5. The fourth-order valence-electron chi connectivity index (χ4n) is 6.58. The summed E-state index contributed by atoms with van der Waals surface area (Å²) in [6.07, 6.45) is -0.242. The molecule has 2 N–H and O–H groups in total. The lowest BCUT2D eigenvalue weighted by Gasteiger charge is -2.27. The zero-order chi connectivity index (χ0) is 61.3. The van der Waals surface area contributed by atoms with Crippen LogP contribution in [0.2, 0.25) is 0 Å². The molecule has 4 rings (SSSR count). The molecular weight excluding hydrogens is 1030 g/mol. The lowest BCUT2D eigenvalue weighted by atomic mass is 9.86. The van der Waals surface area contributed by atoms with E-state index in [9.17, 15) is 29.4 Å². The molecule has 0 bridgehead atoms. The van der Waals surface area contributed by atoms with Crippen molar-refractivity contribution in [3.63, 3.8) is 0 Å². The molecule has 4 atom stereocenters. The number of carbonyl (C=O) groups excluding carboxylic acids is 4. The second kappa shape index (κ2) is 40.8. The van der Waals surface area contributed by atoms with Crippen molar-refractivity contribution in [2.24, 2.45) is 21.7 Å². The van der Waals surface area contributed by atoms with E-state index in [2.05, 4.69) is 29.0 Å². The molecule has 4 aromatic rings. The summed E-state index contributed by atoms with van der Waals surface area (Å²) in [4.78, 5) is 41.8. The summed E-state index contributed by atoms with van der Waals surface area (Å²) in [6.45, 7) is 23.0. The van der Waals surface area contributed by atoms with Crippen LogP contribution in [0.25, 0.3) is 0 Å². The first-order valence-electron chi connectivity index (χ1n) is 26.7. The molecule has 440 valence electrons. The molecule has 0 aliphatic carbocycles. The van der Waals surface area contributed by atoms with Crippen LogP contribution < -0.4 is 0 Å². The molecule has 0 radical (unpaired) electrons. The molecule has 17 heteroatoms. The van der Waals surface area contributed by atoms with Crippen LogP contribution in [-0.2, 0) is 78.8 Å². The molecule has 0 spiro atoms. The summed E-state index contributed by atoms with van der Waals surface area (Å²) in [6, 6.07) is 48.0. The largest absolute Gasteiger partial charge is 0.461 e. The molecule has 0 saturated carbocycles. The minimum Gasteiger partial charge on any atom is -0.461 e. The lowest BCUT2D eigenvalue weighted by Crippen LogP contribution is -2.33. The SMILES string of the molecule is CC(=O)OC(C)=O.CC(=O)OC(CCOCc1ccccc1)C(C)(C)C#N.CC(=O)O[C@H](CCOCc1ccccc1)C(C)(C)C#N.CC(C)(C#N)C(O)CCOCc1ccccc1.CC(C)(C#N)[C@H](O)CCOCc1ccccc1. The van der Waals surface area contributed by atoms with Gasteiger partial charge in [-0.2, -0.15) is 21.0 Å². The van der Waals surface area contributed by atoms with E-state index in [4.69, 9.17) is 49.5 Å². The van der Waals surface area contributed by atoms with Crippen LogP contribution in [0.3, 0.4) is 0 Å². The highest BCUT2D eigenvalue weighted by atomic mass is 16.6. The van der Waals surface area contributed by atoms with Gasteiger partial charge >= 0.3 is 23.9 Å². The Labute approximate surface area is 481 Å². The van der Waals surface area contributed by atoms with Crippen LogP contribution in [0, 0.1) is 67.0 Å². The van der Waals surface area contributed by atoms with Crippen molar-refractivity contribution >= 4 is 23.9 Å². The van der Waals surface area contributed by atoms with Gasteiger partial charge in [0.1, 0.15) is 12.2 Å². The smallest absolute Gasteiger partial charge is 0.310 e. The minimum atomic E-state index is -0.720. The van der Waals surface area contributed by atoms with Gasteiger partial charge in [0.15, 0.2) is 0 Å². The number of hydrogen-bond acceptors (Lipinski definition) is 17. The predicted octanol–water partition coefficient (Wildman–Crippen LogP) is 11.3. The van der Waals surface area contributed by atoms with Crippen molar-refractivity contribution < 1.29 is 62.5 Å². The summed E-state index contributed by atoms with van der Waals surface area (Å²) in [5.74, 6) is -1.87. The number of aliphatic hydroxyl groups excluding tert-OH is 2. The minimum absolute atomic E-state index is 0.374. The maximum Gasteiger partial charge on any atom is 0.310 e. The maximum atomic E-state index is 11.1. The van der Waals surface area contributed by atoms with Crippen molar-refractivity contribution in [3.8, 4) is 24.3 Å². The van der Waals surface area contributed by atoms with Gasteiger partial charge in [0.05, 0.1) is 97.8 Å². The summed E-state index contributed by atoms with van der Waals surface area (Å²) in [5.41, 5.74) is 1.55. The van der Waals surface area contributed by atoms with Crippen molar-refractivity contribution in [3.05, 3.63) is 144 Å². The van der Waals surface area contributed by atoms with Crippen molar-refractivity contribution in [1.29, 1.82) is 21.0 Å². The van der Waals surface area contributed by atoms with Gasteiger partial charge in [-0.15, -0.1) is 0 Å². The number of carbonyl (C=O) groups is 4. The van der Waals surface area contributed by atoms with E-state index in [0.717, 1.165) is 22.3 Å². The average molecular weight is 1120 g/mol. The number of nitriles is 4. The van der Waals surface area contributed by atoms with E-state index in [0.29, 0.717) is 78.5 Å². The molecule has 2 unspecified atom stereocenters. The maximum absolute atomic E-state index is 11.1. The normalized spacial score (nSPS) is 12.3. The second-order valence-corrected chi connectivity index (χ2v) is 21.0. The van der Waals surface area contributed by atoms with Gasteiger partial charge < -0.3 is 43.4 Å². The number of esters is 4. The quantitative estimate of drug-likeness (QED) is 0.0256. The number of aliphatic hydroxyl groups is 2. The van der Waals surface area contributed by atoms with Crippen LogP contribution in [-0.4, -0.2) is 84.9 Å². The standard InChI is InChI=1S/2C16H21NO3.2C14H19NO2.C4H6O3/c2*1-13(18)20-15(16(2,3)12-17)9-10-19-11-14-7-5-4-6-8-14;2*1-14(2,11-15)13(16)8-9-17-10-12-6-4-3-5-7-12;1-3(5)7-4(2)6/h2*4-8,15H,9-11H2,1-3H3;2*3-7,13,16H,8-10H2,1-2H3;1-2H3/t15-;;13-;;/m1.1../s1. The number of hydrogen-bond donors (Lipinski definition) is 2. The molecule has 0 aliphatic heterocycles. The van der Waals surface area contributed by atoms with Gasteiger partial charge in [-0.25, -0.2) is 0 Å². The fourth-order valence-corrected chi connectivity index (χ4v) is 6.58. The monoisotopic (exact) mass is 1120 g/mol. The Morgan fingerprint density at radius 1 is 0.383 bits per heavy atom. The summed E-state index contributed by atoms with van der Waals surface area (Å²) in [7, 11) is 0. The Balaban J connectivity index is 0.00000101. The second-order valence-electron chi connectivity index (χ2n) is 21.0. The molecule has 0 heterocycles.